The van der Waals surface area contributed by atoms with Crippen LogP contribution >= 0.6 is 0 Å². The summed E-state index contributed by atoms with van der Waals surface area (Å²) in [6, 6.07) is 0.288. The Balaban J connectivity index is 1.78. The lowest BCUT2D eigenvalue weighted by Gasteiger charge is -2.26. The minimum atomic E-state index is 0.288. The van der Waals surface area contributed by atoms with E-state index in [1.165, 1.54) is 25.7 Å². The van der Waals surface area contributed by atoms with Gasteiger partial charge in [-0.1, -0.05) is 32.1 Å². The van der Waals surface area contributed by atoms with Gasteiger partial charge in [0.1, 0.15) is 5.78 Å². The third-order valence-electron chi connectivity index (χ3n) is 4.13. The first-order chi connectivity index (χ1) is 7.25. The molecule has 2 heteroatoms. The van der Waals surface area contributed by atoms with Gasteiger partial charge in [-0.15, -0.1) is 0 Å². The molecule has 2 saturated carbocycles. The van der Waals surface area contributed by atoms with Crippen molar-refractivity contribution in [2.75, 3.05) is 0 Å². The van der Waals surface area contributed by atoms with Gasteiger partial charge in [0, 0.05) is 18.4 Å². The lowest BCUT2D eigenvalue weighted by Crippen LogP contribution is -2.32. The molecule has 2 nitrogen and oxygen atoms in total. The SMILES string of the molecule is NC1CCCC(C(=O)CC2CCCC2)C1. The Bertz CT molecular complexity index is 221. The van der Waals surface area contributed by atoms with Crippen molar-refractivity contribution in [2.24, 2.45) is 17.6 Å². The number of Topliss-reactive ketones (excluding diaryl/α,β-unsaturated/α-hetero) is 1. The van der Waals surface area contributed by atoms with Crippen LogP contribution in [-0.4, -0.2) is 11.8 Å². The summed E-state index contributed by atoms with van der Waals surface area (Å²) >= 11 is 0. The maximum Gasteiger partial charge on any atom is 0.136 e. The minimum Gasteiger partial charge on any atom is -0.328 e. The van der Waals surface area contributed by atoms with E-state index in [0.29, 0.717) is 17.6 Å². The third kappa shape index (κ3) is 3.04. The molecule has 15 heavy (non-hydrogen) atoms. The largest absolute Gasteiger partial charge is 0.328 e. The maximum absolute atomic E-state index is 12.0. The monoisotopic (exact) mass is 209 g/mol. The molecule has 2 rings (SSSR count). The first-order valence-electron chi connectivity index (χ1n) is 6.54. The van der Waals surface area contributed by atoms with Gasteiger partial charge in [-0.2, -0.15) is 0 Å². The fraction of sp³-hybridized carbons (Fsp3) is 0.923. The molecule has 0 amide bonds. The number of rotatable bonds is 3. The summed E-state index contributed by atoms with van der Waals surface area (Å²) in [5.74, 6) is 1.52. The summed E-state index contributed by atoms with van der Waals surface area (Å²) in [4.78, 5) is 12.0. The smallest absolute Gasteiger partial charge is 0.136 e. The van der Waals surface area contributed by atoms with Crippen molar-refractivity contribution < 1.29 is 4.79 Å². The average Bonchev–Trinajstić information content (AvgIpc) is 2.70. The minimum absolute atomic E-state index is 0.288. The molecule has 0 bridgehead atoms. The Morgan fingerprint density at radius 2 is 1.80 bits per heavy atom. The van der Waals surface area contributed by atoms with Crippen LogP contribution in [0.4, 0.5) is 0 Å². The van der Waals surface area contributed by atoms with Gasteiger partial charge in [-0.3, -0.25) is 4.79 Å². The fourth-order valence-corrected chi connectivity index (χ4v) is 3.19. The molecule has 0 spiro atoms. The van der Waals surface area contributed by atoms with Crippen LogP contribution < -0.4 is 5.73 Å². The highest BCUT2D eigenvalue weighted by Gasteiger charge is 2.27. The first kappa shape index (κ1) is 11.1. The predicted octanol–water partition coefficient (Wildman–Crippen LogP) is 2.65. The highest BCUT2D eigenvalue weighted by atomic mass is 16.1. The highest BCUT2D eigenvalue weighted by Crippen LogP contribution is 2.31. The summed E-state index contributed by atoms with van der Waals surface area (Å²) < 4.78 is 0. The van der Waals surface area contributed by atoms with Crippen LogP contribution in [0.15, 0.2) is 0 Å². The lowest BCUT2D eigenvalue weighted by molar-refractivity contribution is -0.124. The van der Waals surface area contributed by atoms with E-state index >= 15 is 0 Å². The molecule has 2 fully saturated rings. The summed E-state index contributed by atoms with van der Waals surface area (Å²) in [6.07, 6.45) is 10.4. The Labute approximate surface area is 92.6 Å². The van der Waals surface area contributed by atoms with E-state index in [4.69, 9.17) is 5.73 Å². The molecule has 0 radical (unpaired) electrons. The van der Waals surface area contributed by atoms with Gasteiger partial charge in [-0.05, 0) is 25.2 Å². The van der Waals surface area contributed by atoms with Crippen LogP contribution in [0.2, 0.25) is 0 Å². The van der Waals surface area contributed by atoms with Gasteiger partial charge in [0.25, 0.3) is 0 Å². The van der Waals surface area contributed by atoms with Gasteiger partial charge >= 0.3 is 0 Å². The molecular weight excluding hydrogens is 186 g/mol. The van der Waals surface area contributed by atoms with Crippen molar-refractivity contribution in [3.05, 3.63) is 0 Å². The zero-order valence-electron chi connectivity index (χ0n) is 9.58. The molecular formula is C13H23NO. The molecule has 0 aromatic rings. The summed E-state index contributed by atoms with van der Waals surface area (Å²) in [7, 11) is 0. The third-order valence-corrected chi connectivity index (χ3v) is 4.13. The molecule has 2 aliphatic carbocycles. The molecule has 0 aromatic carbocycles. The topological polar surface area (TPSA) is 43.1 Å². The number of hydrogen-bond donors (Lipinski definition) is 1. The van der Waals surface area contributed by atoms with Gasteiger partial charge in [-0.25, -0.2) is 0 Å². The Morgan fingerprint density at radius 1 is 1.07 bits per heavy atom. The van der Waals surface area contributed by atoms with E-state index in [0.717, 1.165) is 32.1 Å². The highest BCUT2D eigenvalue weighted by molar-refractivity contribution is 5.81. The summed E-state index contributed by atoms with van der Waals surface area (Å²) in [5, 5.41) is 0. The van der Waals surface area contributed by atoms with Crippen LogP contribution in [-0.2, 0) is 4.79 Å². The Hall–Kier alpha value is -0.370. The van der Waals surface area contributed by atoms with E-state index < -0.39 is 0 Å². The molecule has 86 valence electrons. The van der Waals surface area contributed by atoms with E-state index in [9.17, 15) is 4.79 Å². The number of hydrogen-bond acceptors (Lipinski definition) is 2. The Kier molecular flexibility index (Phi) is 3.79. The number of ketones is 1. The van der Waals surface area contributed by atoms with Gasteiger partial charge in [0.05, 0.1) is 0 Å². The molecule has 2 unspecified atom stereocenters. The van der Waals surface area contributed by atoms with Crippen LogP contribution in [0.1, 0.15) is 57.8 Å². The quantitative estimate of drug-likeness (QED) is 0.776. The zero-order chi connectivity index (χ0) is 10.7. The molecule has 2 N–H and O–H groups in total. The van der Waals surface area contributed by atoms with Crippen molar-refractivity contribution in [3.63, 3.8) is 0 Å². The molecule has 0 aromatic heterocycles. The summed E-state index contributed by atoms with van der Waals surface area (Å²) in [5.41, 5.74) is 5.92. The first-order valence-corrected chi connectivity index (χ1v) is 6.54. The second-order valence-corrected chi connectivity index (χ2v) is 5.44. The van der Waals surface area contributed by atoms with Gasteiger partial charge in [0.15, 0.2) is 0 Å². The van der Waals surface area contributed by atoms with Crippen molar-refractivity contribution in [3.8, 4) is 0 Å². The van der Waals surface area contributed by atoms with E-state index in [1.807, 2.05) is 0 Å². The van der Waals surface area contributed by atoms with Crippen molar-refractivity contribution in [2.45, 2.75) is 63.8 Å². The van der Waals surface area contributed by atoms with Gasteiger partial charge < -0.3 is 5.73 Å². The number of carbonyl (C=O) groups is 1. The number of carbonyl (C=O) groups excluding carboxylic acids is 1. The standard InChI is InChI=1S/C13H23NO/c14-12-7-3-6-11(9-12)13(15)8-10-4-1-2-5-10/h10-12H,1-9,14H2. The average molecular weight is 209 g/mol. The Morgan fingerprint density at radius 3 is 2.47 bits per heavy atom. The molecule has 2 aliphatic rings. The fourth-order valence-electron chi connectivity index (χ4n) is 3.19. The van der Waals surface area contributed by atoms with Crippen molar-refractivity contribution in [1.82, 2.24) is 0 Å². The van der Waals surface area contributed by atoms with Crippen LogP contribution in [0.25, 0.3) is 0 Å². The normalized spacial score (nSPS) is 33.1. The summed E-state index contributed by atoms with van der Waals surface area (Å²) in [6.45, 7) is 0. The van der Waals surface area contributed by atoms with Crippen LogP contribution in [0.5, 0.6) is 0 Å². The molecule has 2 atom stereocenters. The van der Waals surface area contributed by atoms with Crippen LogP contribution in [0, 0.1) is 11.8 Å². The number of nitrogens with two attached hydrogens (primary N) is 1. The maximum atomic E-state index is 12.0. The van der Waals surface area contributed by atoms with Crippen LogP contribution in [0.3, 0.4) is 0 Å². The van der Waals surface area contributed by atoms with Gasteiger partial charge in [0.2, 0.25) is 0 Å². The lowest BCUT2D eigenvalue weighted by atomic mass is 9.81. The molecule has 0 heterocycles. The predicted molar refractivity (Wildman–Crippen MR) is 61.5 cm³/mol. The van der Waals surface area contributed by atoms with Crippen molar-refractivity contribution in [1.29, 1.82) is 0 Å². The van der Waals surface area contributed by atoms with E-state index in [2.05, 4.69) is 0 Å². The van der Waals surface area contributed by atoms with E-state index in [-0.39, 0.29) is 6.04 Å². The second kappa shape index (κ2) is 5.11. The molecule has 0 aliphatic heterocycles. The van der Waals surface area contributed by atoms with E-state index in [1.54, 1.807) is 0 Å². The zero-order valence-corrected chi connectivity index (χ0v) is 9.58. The second-order valence-electron chi connectivity index (χ2n) is 5.44. The van der Waals surface area contributed by atoms with Crippen molar-refractivity contribution >= 4 is 5.78 Å². The molecule has 0 saturated heterocycles.